The fourth-order valence-electron chi connectivity index (χ4n) is 6.00. The summed E-state index contributed by atoms with van der Waals surface area (Å²) < 4.78 is 0. The van der Waals surface area contributed by atoms with Gasteiger partial charge >= 0.3 is 0 Å². The van der Waals surface area contributed by atoms with Crippen molar-refractivity contribution < 1.29 is 0 Å². The maximum atomic E-state index is 5.20. The Bertz CT molecular complexity index is 2240. The fraction of sp³-hybridized carbons (Fsp3) is 0. The van der Waals surface area contributed by atoms with E-state index in [1.807, 2.05) is 48.7 Å². The highest BCUT2D eigenvalue weighted by molar-refractivity contribution is 6.12. The van der Waals surface area contributed by atoms with Crippen LogP contribution in [0.4, 0.5) is 0 Å². The Morgan fingerprint density at radius 2 is 0.810 bits per heavy atom. The van der Waals surface area contributed by atoms with E-state index < -0.39 is 0 Å². The Hall–Kier alpha value is -5.67. The van der Waals surface area contributed by atoms with Crippen molar-refractivity contribution in [2.45, 2.75) is 0 Å². The molecule has 8 rings (SSSR count). The van der Waals surface area contributed by atoms with E-state index in [2.05, 4.69) is 108 Å². The van der Waals surface area contributed by atoms with Gasteiger partial charge in [0.05, 0.1) is 28.1 Å². The highest BCUT2D eigenvalue weighted by Gasteiger charge is 2.18. The molecule has 0 bridgehead atoms. The number of pyridine rings is 1. The molecular formula is C39H25N3. The van der Waals surface area contributed by atoms with E-state index in [4.69, 9.17) is 9.97 Å². The second kappa shape index (κ2) is 10.1. The average molecular weight is 536 g/mol. The van der Waals surface area contributed by atoms with E-state index in [0.717, 1.165) is 50.2 Å². The van der Waals surface area contributed by atoms with Crippen LogP contribution in [0.25, 0.3) is 77.5 Å². The number of hydrogen-bond acceptors (Lipinski definition) is 3. The average Bonchev–Trinajstić information content (AvgIpc) is 3.07. The van der Waals surface area contributed by atoms with Gasteiger partial charge in [-0.05, 0) is 56.9 Å². The summed E-state index contributed by atoms with van der Waals surface area (Å²) in [6.07, 6.45) is 1.85. The summed E-state index contributed by atoms with van der Waals surface area (Å²) >= 11 is 0. The van der Waals surface area contributed by atoms with Crippen molar-refractivity contribution in [1.29, 1.82) is 0 Å². The van der Waals surface area contributed by atoms with Crippen LogP contribution >= 0.6 is 0 Å². The maximum Gasteiger partial charge on any atom is 0.0979 e. The first-order chi connectivity index (χ1) is 20.8. The normalized spacial score (nSPS) is 11.3. The number of rotatable bonds is 4. The van der Waals surface area contributed by atoms with Gasteiger partial charge in [0.25, 0.3) is 0 Å². The Labute approximate surface area is 243 Å². The molecule has 3 heteroatoms. The molecule has 2 aromatic heterocycles. The van der Waals surface area contributed by atoms with Crippen molar-refractivity contribution in [3.05, 3.63) is 152 Å². The van der Waals surface area contributed by atoms with Gasteiger partial charge in [-0.2, -0.15) is 0 Å². The highest BCUT2D eigenvalue weighted by atomic mass is 14.8. The molecule has 0 atom stereocenters. The topological polar surface area (TPSA) is 38.7 Å². The molecule has 0 saturated heterocycles. The molecule has 2 heterocycles. The predicted octanol–water partition coefficient (Wildman–Crippen LogP) is 10.00. The highest BCUT2D eigenvalue weighted by Crippen LogP contribution is 2.42. The van der Waals surface area contributed by atoms with Gasteiger partial charge in [0.1, 0.15) is 0 Å². The minimum Gasteiger partial charge on any atom is -0.256 e. The monoisotopic (exact) mass is 535 g/mol. The van der Waals surface area contributed by atoms with Crippen LogP contribution in [0.15, 0.2) is 152 Å². The van der Waals surface area contributed by atoms with Gasteiger partial charge in [0.15, 0.2) is 0 Å². The van der Waals surface area contributed by atoms with Crippen LogP contribution in [0.1, 0.15) is 0 Å². The number of hydrogen-bond donors (Lipinski definition) is 0. The lowest BCUT2D eigenvalue weighted by Crippen LogP contribution is -1.97. The van der Waals surface area contributed by atoms with Crippen LogP contribution < -0.4 is 0 Å². The SMILES string of the molecule is c1ccc(-c2nc3ccccc3nc2-c2ccc(-c3ccc(-c4ccccn4)c4ccccc34)c3ccccc23)cc1. The first-order valence-electron chi connectivity index (χ1n) is 14.1. The zero-order valence-corrected chi connectivity index (χ0v) is 22.8. The Morgan fingerprint density at radius 3 is 1.43 bits per heavy atom. The second-order valence-electron chi connectivity index (χ2n) is 10.4. The minimum absolute atomic E-state index is 0.886. The first-order valence-corrected chi connectivity index (χ1v) is 14.1. The second-order valence-corrected chi connectivity index (χ2v) is 10.4. The molecule has 0 radical (unpaired) electrons. The standard InChI is InChI=1S/C39H25N3/c1-2-12-26(13-3-1)38-39(42-37-20-9-8-19-36(37)41-38)34-24-22-32(28-15-5-7-17-30(28)34)31-21-23-33(35-18-10-11-25-40-35)29-16-6-4-14-27(29)31/h1-25H. The van der Waals surface area contributed by atoms with Crippen LogP contribution in [0.3, 0.4) is 0 Å². The maximum absolute atomic E-state index is 5.20. The molecular weight excluding hydrogens is 510 g/mol. The quantitative estimate of drug-likeness (QED) is 0.225. The van der Waals surface area contributed by atoms with Gasteiger partial charge in [-0.1, -0.05) is 121 Å². The molecule has 0 aliphatic rings. The van der Waals surface area contributed by atoms with Gasteiger partial charge in [0.2, 0.25) is 0 Å². The van der Waals surface area contributed by atoms with Crippen molar-refractivity contribution in [2.24, 2.45) is 0 Å². The van der Waals surface area contributed by atoms with Gasteiger partial charge < -0.3 is 0 Å². The third-order valence-electron chi connectivity index (χ3n) is 7.95. The van der Waals surface area contributed by atoms with Gasteiger partial charge in [0, 0.05) is 22.9 Å². The van der Waals surface area contributed by atoms with Crippen LogP contribution in [-0.4, -0.2) is 15.0 Å². The summed E-state index contributed by atoms with van der Waals surface area (Å²) in [4.78, 5) is 15.0. The smallest absolute Gasteiger partial charge is 0.0979 e. The van der Waals surface area contributed by atoms with Crippen LogP contribution in [0, 0.1) is 0 Å². The van der Waals surface area contributed by atoms with Crippen molar-refractivity contribution >= 4 is 32.6 Å². The van der Waals surface area contributed by atoms with Crippen LogP contribution in [0.2, 0.25) is 0 Å². The molecule has 0 fully saturated rings. The summed E-state index contributed by atoms with van der Waals surface area (Å²) in [5, 5.41) is 4.72. The van der Waals surface area contributed by atoms with Gasteiger partial charge in [-0.25, -0.2) is 9.97 Å². The molecule has 3 nitrogen and oxygen atoms in total. The third-order valence-corrected chi connectivity index (χ3v) is 7.95. The summed E-state index contributed by atoms with van der Waals surface area (Å²) in [7, 11) is 0. The van der Waals surface area contributed by atoms with Gasteiger partial charge in [-0.3, -0.25) is 4.98 Å². The third kappa shape index (κ3) is 4.03. The Balaban J connectivity index is 1.38. The summed E-state index contributed by atoms with van der Waals surface area (Å²) in [5.74, 6) is 0. The molecule has 6 aromatic carbocycles. The predicted molar refractivity (Wildman–Crippen MR) is 174 cm³/mol. The molecule has 0 saturated carbocycles. The molecule has 0 aliphatic carbocycles. The number of para-hydroxylation sites is 2. The zero-order valence-electron chi connectivity index (χ0n) is 22.8. The summed E-state index contributed by atoms with van der Waals surface area (Å²) in [6, 6.07) is 50.6. The molecule has 0 N–H and O–H groups in total. The summed E-state index contributed by atoms with van der Waals surface area (Å²) in [5.41, 5.74) is 10.2. The Kier molecular flexibility index (Phi) is 5.79. The largest absolute Gasteiger partial charge is 0.256 e. The molecule has 196 valence electrons. The molecule has 8 aromatic rings. The zero-order chi connectivity index (χ0) is 27.9. The summed E-state index contributed by atoms with van der Waals surface area (Å²) in [6.45, 7) is 0. The lowest BCUT2D eigenvalue weighted by atomic mass is 9.89. The minimum atomic E-state index is 0.886. The number of fused-ring (bicyclic) bond motifs is 3. The van der Waals surface area contributed by atoms with Crippen LogP contribution in [-0.2, 0) is 0 Å². The molecule has 0 spiro atoms. The number of nitrogens with zero attached hydrogens (tertiary/aromatic N) is 3. The lowest BCUT2D eigenvalue weighted by Gasteiger charge is -2.17. The number of benzene rings is 6. The van der Waals surface area contributed by atoms with Crippen LogP contribution in [0.5, 0.6) is 0 Å². The number of aromatic nitrogens is 3. The molecule has 0 amide bonds. The van der Waals surface area contributed by atoms with Crippen molar-refractivity contribution in [3.8, 4) is 44.9 Å². The van der Waals surface area contributed by atoms with E-state index >= 15 is 0 Å². The van der Waals surface area contributed by atoms with E-state index in [1.165, 1.54) is 27.3 Å². The van der Waals surface area contributed by atoms with Crippen molar-refractivity contribution in [1.82, 2.24) is 15.0 Å². The Morgan fingerprint density at radius 1 is 0.333 bits per heavy atom. The molecule has 0 aliphatic heterocycles. The van der Waals surface area contributed by atoms with E-state index in [-0.39, 0.29) is 0 Å². The lowest BCUT2D eigenvalue weighted by molar-refractivity contribution is 1.30. The fourth-order valence-corrected chi connectivity index (χ4v) is 6.00. The van der Waals surface area contributed by atoms with Gasteiger partial charge in [-0.15, -0.1) is 0 Å². The van der Waals surface area contributed by atoms with E-state index in [0.29, 0.717) is 0 Å². The molecule has 0 unspecified atom stereocenters. The van der Waals surface area contributed by atoms with E-state index in [1.54, 1.807) is 0 Å². The first kappa shape index (κ1) is 24.2. The molecule has 42 heavy (non-hydrogen) atoms. The van der Waals surface area contributed by atoms with Crippen molar-refractivity contribution in [2.75, 3.05) is 0 Å². The van der Waals surface area contributed by atoms with E-state index in [9.17, 15) is 0 Å². The van der Waals surface area contributed by atoms with Crippen molar-refractivity contribution in [3.63, 3.8) is 0 Å².